The van der Waals surface area contributed by atoms with Crippen molar-refractivity contribution < 1.29 is 44.2 Å². The second-order valence-electron chi connectivity index (χ2n) is 6.93. The molecule has 1 aromatic carbocycles. The molecule has 0 unspecified atom stereocenters. The summed E-state index contributed by atoms with van der Waals surface area (Å²) in [7, 11) is 0. The summed E-state index contributed by atoms with van der Waals surface area (Å²) in [5, 5.41) is 49.1. The lowest BCUT2D eigenvalue weighted by Gasteiger charge is -2.39. The van der Waals surface area contributed by atoms with E-state index in [-0.39, 0.29) is 23.3 Å². The molecular weight excluding hydrogens is 400 g/mol. The molecule has 1 aliphatic rings. The minimum absolute atomic E-state index is 0.0230. The van der Waals surface area contributed by atoms with Crippen LogP contribution in [0.4, 0.5) is 0 Å². The van der Waals surface area contributed by atoms with E-state index >= 15 is 0 Å². The van der Waals surface area contributed by atoms with Gasteiger partial charge in [0.25, 0.3) is 0 Å². The van der Waals surface area contributed by atoms with Gasteiger partial charge < -0.3 is 39.4 Å². The van der Waals surface area contributed by atoms with E-state index < -0.39 is 48.9 Å². The topological polar surface area (TPSA) is 167 Å². The smallest absolute Gasteiger partial charge is 0.336 e. The highest BCUT2D eigenvalue weighted by Crippen LogP contribution is 2.31. The Morgan fingerprint density at radius 1 is 1.13 bits per heavy atom. The molecule has 5 atom stereocenters. The lowest BCUT2D eigenvalue weighted by atomic mass is 9.99. The second-order valence-corrected chi connectivity index (χ2v) is 6.93. The van der Waals surface area contributed by atoms with Crippen LogP contribution in [0.15, 0.2) is 45.1 Å². The fourth-order valence-electron chi connectivity index (χ4n) is 3.11. The molecule has 1 aromatic heterocycles. The zero-order valence-electron chi connectivity index (χ0n) is 16.0. The summed E-state index contributed by atoms with van der Waals surface area (Å²) < 4.78 is 16.3. The molecule has 0 radical (unpaired) electrons. The highest BCUT2D eigenvalue weighted by Gasteiger charge is 2.44. The molecule has 10 nitrogen and oxygen atoms in total. The molecule has 1 fully saturated rings. The van der Waals surface area contributed by atoms with E-state index in [9.17, 15) is 30.0 Å². The molecule has 162 valence electrons. The van der Waals surface area contributed by atoms with E-state index in [1.807, 2.05) is 0 Å². The van der Waals surface area contributed by atoms with Crippen LogP contribution in [-0.4, -0.2) is 68.8 Å². The minimum Gasteiger partial charge on any atom is -0.478 e. The molecule has 10 heteroatoms. The summed E-state index contributed by atoms with van der Waals surface area (Å²) in [4.78, 5) is 22.8. The Hall–Kier alpha value is -2.76. The Kier molecular flexibility index (Phi) is 6.54. The monoisotopic (exact) mass is 422 g/mol. The van der Waals surface area contributed by atoms with E-state index in [2.05, 4.69) is 0 Å². The normalized spacial score (nSPS) is 27.2. The molecule has 0 saturated carbocycles. The second kappa shape index (κ2) is 8.94. The molecule has 0 amide bonds. The zero-order chi connectivity index (χ0) is 22.0. The van der Waals surface area contributed by atoms with Crippen LogP contribution in [0.2, 0.25) is 0 Å². The Labute approximate surface area is 170 Å². The fourth-order valence-corrected chi connectivity index (χ4v) is 3.11. The number of carboxylic acid groups (broad SMARTS) is 1. The Balaban J connectivity index is 2.02. The molecular formula is C20H22O10. The predicted molar refractivity (Wildman–Crippen MR) is 102 cm³/mol. The maximum absolute atomic E-state index is 11.7. The summed E-state index contributed by atoms with van der Waals surface area (Å²) in [6.45, 7) is 0.784. The van der Waals surface area contributed by atoms with Crippen molar-refractivity contribution in [3.8, 4) is 5.75 Å². The van der Waals surface area contributed by atoms with Gasteiger partial charge in [0.1, 0.15) is 35.7 Å². The van der Waals surface area contributed by atoms with Crippen LogP contribution < -0.4 is 10.4 Å². The molecule has 5 N–H and O–H groups in total. The Morgan fingerprint density at radius 2 is 1.83 bits per heavy atom. The van der Waals surface area contributed by atoms with E-state index in [1.165, 1.54) is 31.2 Å². The number of carbonyl (C=O) groups is 1. The van der Waals surface area contributed by atoms with Crippen molar-refractivity contribution in [3.63, 3.8) is 0 Å². The van der Waals surface area contributed by atoms with Crippen molar-refractivity contribution in [2.75, 3.05) is 6.61 Å². The third kappa shape index (κ3) is 4.37. The molecule has 1 saturated heterocycles. The number of fused-ring (bicyclic) bond motifs is 1. The highest BCUT2D eigenvalue weighted by molar-refractivity contribution is 5.86. The van der Waals surface area contributed by atoms with Gasteiger partial charge in [-0.3, -0.25) is 0 Å². The minimum atomic E-state index is -1.63. The third-order valence-electron chi connectivity index (χ3n) is 4.89. The average Bonchev–Trinajstić information content (AvgIpc) is 2.72. The predicted octanol–water partition coefficient (Wildman–Crippen LogP) is -0.455. The van der Waals surface area contributed by atoms with Crippen molar-refractivity contribution in [1.82, 2.24) is 0 Å². The van der Waals surface area contributed by atoms with Crippen molar-refractivity contribution >= 4 is 16.9 Å². The maximum atomic E-state index is 11.7. The van der Waals surface area contributed by atoms with E-state index in [0.717, 1.165) is 0 Å². The van der Waals surface area contributed by atoms with E-state index in [1.54, 1.807) is 6.07 Å². The molecule has 1 aliphatic heterocycles. The summed E-state index contributed by atoms with van der Waals surface area (Å²) in [5.41, 5.74) is -0.0708. The first kappa shape index (κ1) is 21.9. The van der Waals surface area contributed by atoms with Crippen LogP contribution in [0, 0.1) is 0 Å². The number of allylic oxidation sites excluding steroid dienone is 1. The lowest BCUT2D eigenvalue weighted by molar-refractivity contribution is -0.277. The third-order valence-corrected chi connectivity index (χ3v) is 4.89. The zero-order valence-corrected chi connectivity index (χ0v) is 16.0. The number of aliphatic hydroxyl groups is 4. The first-order valence-corrected chi connectivity index (χ1v) is 9.16. The Morgan fingerprint density at radius 3 is 2.50 bits per heavy atom. The van der Waals surface area contributed by atoms with Gasteiger partial charge in [0.15, 0.2) is 0 Å². The first-order valence-electron chi connectivity index (χ1n) is 9.16. The fraction of sp³-hybridized carbons (Fsp3) is 0.400. The van der Waals surface area contributed by atoms with Gasteiger partial charge in [0.05, 0.1) is 6.61 Å². The number of hydrogen-bond donors (Lipinski definition) is 5. The van der Waals surface area contributed by atoms with Crippen molar-refractivity contribution in [3.05, 3.63) is 51.9 Å². The summed E-state index contributed by atoms with van der Waals surface area (Å²) >= 11 is 0. The molecule has 30 heavy (non-hydrogen) atoms. The summed E-state index contributed by atoms with van der Waals surface area (Å²) in [5.74, 6) is -1.01. The highest BCUT2D eigenvalue weighted by atomic mass is 16.7. The van der Waals surface area contributed by atoms with Crippen LogP contribution in [0.3, 0.4) is 0 Å². The average molecular weight is 422 g/mol. The molecule has 0 aliphatic carbocycles. The number of ether oxygens (including phenoxy) is 2. The Bertz CT molecular complexity index is 1010. The SMILES string of the molecule is C/C(=C\Cc1c(O[C@@H]2O[C@H](CO)[C@@H](O)[C@H](O)[C@H]2O)ccc2ccc(=O)oc12)C(=O)O. The van der Waals surface area contributed by atoms with E-state index in [4.69, 9.17) is 19.0 Å². The molecule has 2 aromatic rings. The molecule has 3 rings (SSSR count). The van der Waals surface area contributed by atoms with Crippen LogP contribution in [0.5, 0.6) is 5.75 Å². The van der Waals surface area contributed by atoms with Gasteiger partial charge in [-0.1, -0.05) is 6.08 Å². The van der Waals surface area contributed by atoms with Gasteiger partial charge >= 0.3 is 11.6 Å². The van der Waals surface area contributed by atoms with Crippen LogP contribution in [-0.2, 0) is 16.0 Å². The first-order chi connectivity index (χ1) is 14.2. The number of rotatable bonds is 6. The van der Waals surface area contributed by atoms with Gasteiger partial charge in [-0.05, 0) is 31.5 Å². The standard InChI is InChI=1S/C20H22O10/c1-9(19(26)27)2-5-11-12(6-3-10-4-7-14(22)30-18(10)11)28-20-17(25)16(24)15(23)13(8-21)29-20/h2-4,6-7,13,15-17,20-21,23-25H,5,8H2,1H3,(H,26,27)/b9-2+/t13-,15-,16+,17-,20-/m1/s1. The van der Waals surface area contributed by atoms with E-state index in [0.29, 0.717) is 10.9 Å². The van der Waals surface area contributed by atoms with Gasteiger partial charge in [-0.2, -0.15) is 0 Å². The van der Waals surface area contributed by atoms with Crippen LogP contribution in [0.1, 0.15) is 12.5 Å². The van der Waals surface area contributed by atoms with Crippen LogP contribution in [0.25, 0.3) is 11.0 Å². The van der Waals surface area contributed by atoms with Crippen molar-refractivity contribution in [1.29, 1.82) is 0 Å². The van der Waals surface area contributed by atoms with Crippen LogP contribution >= 0.6 is 0 Å². The summed E-state index contributed by atoms with van der Waals surface area (Å²) in [6, 6.07) is 5.89. The van der Waals surface area contributed by atoms with Crippen molar-refractivity contribution in [2.45, 2.75) is 44.1 Å². The molecule has 0 spiro atoms. The largest absolute Gasteiger partial charge is 0.478 e. The number of carboxylic acids is 1. The number of benzene rings is 1. The van der Waals surface area contributed by atoms with Gasteiger partial charge in [-0.15, -0.1) is 0 Å². The lowest BCUT2D eigenvalue weighted by Crippen LogP contribution is -2.60. The van der Waals surface area contributed by atoms with Gasteiger partial charge in [0.2, 0.25) is 6.29 Å². The van der Waals surface area contributed by atoms with Gasteiger partial charge in [0, 0.05) is 22.6 Å². The molecule has 0 bridgehead atoms. The number of aliphatic hydroxyl groups excluding tert-OH is 4. The molecule has 2 heterocycles. The van der Waals surface area contributed by atoms with Gasteiger partial charge in [-0.25, -0.2) is 9.59 Å². The number of aliphatic carboxylic acids is 1. The number of hydrogen-bond acceptors (Lipinski definition) is 9. The maximum Gasteiger partial charge on any atom is 0.336 e. The quantitative estimate of drug-likeness (QED) is 0.304. The summed E-state index contributed by atoms with van der Waals surface area (Å²) in [6.07, 6.45) is -5.98. The van der Waals surface area contributed by atoms with Crippen molar-refractivity contribution in [2.24, 2.45) is 0 Å².